The molecule has 4 N–H and O–H groups in total. The zero-order chi connectivity index (χ0) is 16.5. The minimum atomic E-state index is 0. The van der Waals surface area contributed by atoms with E-state index in [0.717, 1.165) is 11.3 Å². The average molecular weight is 366 g/mol. The molecular formula is C17H21Cl2N5. The maximum atomic E-state index is 5.93. The van der Waals surface area contributed by atoms with Gasteiger partial charge in [-0.3, -0.25) is 10.3 Å². The van der Waals surface area contributed by atoms with Crippen molar-refractivity contribution in [2.45, 2.75) is 13.5 Å². The molecule has 5 nitrogen and oxygen atoms in total. The summed E-state index contributed by atoms with van der Waals surface area (Å²) in [4.78, 5) is 8.65. The van der Waals surface area contributed by atoms with Crippen LogP contribution in [0.25, 0.3) is 0 Å². The third-order valence-electron chi connectivity index (χ3n) is 2.94. The van der Waals surface area contributed by atoms with E-state index < -0.39 is 0 Å². The second-order valence-electron chi connectivity index (χ2n) is 4.77. The van der Waals surface area contributed by atoms with Crippen LogP contribution in [-0.4, -0.2) is 18.5 Å². The van der Waals surface area contributed by atoms with Gasteiger partial charge in [-0.25, -0.2) is 4.99 Å². The van der Waals surface area contributed by atoms with Crippen molar-refractivity contribution in [3.63, 3.8) is 0 Å². The lowest BCUT2D eigenvalue weighted by molar-refractivity contribution is 1.03. The highest BCUT2D eigenvalue weighted by Crippen LogP contribution is 2.13. The fourth-order valence-corrected chi connectivity index (χ4v) is 1.99. The largest absolute Gasteiger partial charge is 0.370 e. The Kier molecular flexibility index (Phi) is 8.68. The van der Waals surface area contributed by atoms with E-state index >= 15 is 0 Å². The molecule has 0 spiro atoms. The Hall–Kier alpha value is -2.24. The first-order valence-corrected chi connectivity index (χ1v) is 7.73. The van der Waals surface area contributed by atoms with Crippen molar-refractivity contribution in [2.24, 2.45) is 15.7 Å². The third-order valence-corrected chi connectivity index (χ3v) is 3.20. The molecule has 24 heavy (non-hydrogen) atoms. The predicted octanol–water partition coefficient (Wildman–Crippen LogP) is 3.65. The molecule has 0 radical (unpaired) electrons. The average Bonchev–Trinajstić information content (AvgIpc) is 2.56. The number of aliphatic imine (C=N–C) groups is 2. The predicted molar refractivity (Wildman–Crippen MR) is 105 cm³/mol. The Bertz CT molecular complexity index is 669. The molecule has 0 aliphatic rings. The van der Waals surface area contributed by atoms with Crippen LogP contribution in [0.1, 0.15) is 12.5 Å². The van der Waals surface area contributed by atoms with E-state index in [1.54, 1.807) is 12.1 Å². The number of nitrogens with two attached hydrogens (primary N) is 1. The van der Waals surface area contributed by atoms with E-state index in [4.69, 9.17) is 17.3 Å². The summed E-state index contributed by atoms with van der Waals surface area (Å²) in [6.45, 7) is 3.08. The van der Waals surface area contributed by atoms with E-state index in [0.29, 0.717) is 30.0 Å². The number of benzene rings is 2. The Balaban J connectivity index is 0.00000288. The van der Waals surface area contributed by atoms with Crippen LogP contribution in [0, 0.1) is 0 Å². The quantitative estimate of drug-likeness (QED) is 0.571. The zero-order valence-electron chi connectivity index (χ0n) is 13.4. The molecule has 0 bridgehead atoms. The normalized spacial score (nSPS) is 11.6. The molecule has 0 fully saturated rings. The third kappa shape index (κ3) is 6.89. The fraction of sp³-hybridized carbons (Fsp3) is 0.176. The summed E-state index contributed by atoms with van der Waals surface area (Å²) in [6.07, 6.45) is 0. The van der Waals surface area contributed by atoms with Crippen molar-refractivity contribution in [3.8, 4) is 0 Å². The molecule has 2 rings (SSSR count). The van der Waals surface area contributed by atoms with Crippen LogP contribution >= 0.6 is 24.0 Å². The van der Waals surface area contributed by atoms with E-state index in [1.807, 2.05) is 49.4 Å². The summed E-state index contributed by atoms with van der Waals surface area (Å²) in [7, 11) is 0. The van der Waals surface area contributed by atoms with Gasteiger partial charge in [0.2, 0.25) is 5.96 Å². The van der Waals surface area contributed by atoms with Gasteiger partial charge in [0.25, 0.3) is 0 Å². The summed E-state index contributed by atoms with van der Waals surface area (Å²) in [5.74, 6) is 0.853. The van der Waals surface area contributed by atoms with Gasteiger partial charge < -0.3 is 11.1 Å². The van der Waals surface area contributed by atoms with Crippen molar-refractivity contribution in [2.75, 3.05) is 11.9 Å². The van der Waals surface area contributed by atoms with Crippen molar-refractivity contribution < 1.29 is 0 Å². The first-order chi connectivity index (χ1) is 11.2. The Morgan fingerprint density at radius 3 is 2.33 bits per heavy atom. The van der Waals surface area contributed by atoms with Gasteiger partial charge in [0.1, 0.15) is 0 Å². The highest BCUT2D eigenvalue weighted by atomic mass is 35.5. The molecule has 128 valence electrons. The summed E-state index contributed by atoms with van der Waals surface area (Å²) in [5.41, 5.74) is 7.89. The van der Waals surface area contributed by atoms with Crippen LogP contribution in [0.2, 0.25) is 5.02 Å². The van der Waals surface area contributed by atoms with E-state index in [9.17, 15) is 0 Å². The molecule has 0 atom stereocenters. The smallest absolute Gasteiger partial charge is 0.202 e. The molecule has 7 heteroatoms. The number of hydrogen-bond acceptors (Lipinski definition) is 2. The number of anilines is 1. The van der Waals surface area contributed by atoms with Crippen LogP contribution in [0.4, 0.5) is 5.69 Å². The van der Waals surface area contributed by atoms with Gasteiger partial charge in [-0.15, -0.1) is 12.4 Å². The first-order valence-electron chi connectivity index (χ1n) is 7.35. The van der Waals surface area contributed by atoms with Crippen molar-refractivity contribution in [3.05, 3.63) is 65.2 Å². The van der Waals surface area contributed by atoms with Crippen LogP contribution < -0.4 is 16.4 Å². The highest BCUT2D eigenvalue weighted by Gasteiger charge is 2.02. The molecular weight excluding hydrogens is 345 g/mol. The Morgan fingerprint density at radius 2 is 1.71 bits per heavy atom. The van der Waals surface area contributed by atoms with Gasteiger partial charge in [0.15, 0.2) is 5.96 Å². The molecule has 0 saturated heterocycles. The standard InChI is InChI=1S/C17H20ClN5.ClH/c1-2-20-17(22-15-10-8-14(18)9-11-15)23-16(19)21-12-13-6-4-3-5-7-13;/h3-11H,2,12H2,1H3,(H4,19,20,21,22,23);1H. The molecule has 0 unspecified atom stereocenters. The topological polar surface area (TPSA) is 74.8 Å². The molecule has 0 saturated carbocycles. The molecule has 0 amide bonds. The lowest BCUT2D eigenvalue weighted by atomic mass is 10.2. The van der Waals surface area contributed by atoms with Crippen molar-refractivity contribution >= 4 is 41.6 Å². The second-order valence-corrected chi connectivity index (χ2v) is 5.20. The fourth-order valence-electron chi connectivity index (χ4n) is 1.86. The van der Waals surface area contributed by atoms with Crippen LogP contribution in [-0.2, 0) is 6.54 Å². The van der Waals surface area contributed by atoms with Gasteiger partial charge in [0, 0.05) is 17.3 Å². The van der Waals surface area contributed by atoms with E-state index in [-0.39, 0.29) is 12.4 Å². The van der Waals surface area contributed by atoms with Gasteiger partial charge >= 0.3 is 0 Å². The van der Waals surface area contributed by atoms with Gasteiger partial charge in [-0.1, -0.05) is 41.9 Å². The second kappa shape index (κ2) is 10.5. The molecule has 0 aliphatic carbocycles. The summed E-state index contributed by atoms with van der Waals surface area (Å²) in [5, 5.41) is 6.82. The van der Waals surface area contributed by atoms with Crippen LogP contribution in [0.3, 0.4) is 0 Å². The molecule has 0 aromatic heterocycles. The summed E-state index contributed by atoms with van der Waals surface area (Å²) < 4.78 is 0. The lowest BCUT2D eigenvalue weighted by Crippen LogP contribution is -2.41. The zero-order valence-corrected chi connectivity index (χ0v) is 14.9. The van der Waals surface area contributed by atoms with Crippen molar-refractivity contribution in [1.29, 1.82) is 0 Å². The Morgan fingerprint density at radius 1 is 1.04 bits per heavy atom. The number of hydrogen-bond donors (Lipinski definition) is 3. The summed E-state index contributed by atoms with van der Waals surface area (Å²) in [6, 6.07) is 17.3. The first kappa shape index (κ1) is 19.8. The number of halogens is 2. The van der Waals surface area contributed by atoms with Crippen LogP contribution in [0.15, 0.2) is 64.6 Å². The van der Waals surface area contributed by atoms with Crippen LogP contribution in [0.5, 0.6) is 0 Å². The SMILES string of the molecule is CCN=C(NC(N)=NCc1ccccc1)Nc1ccc(Cl)cc1.Cl. The minimum Gasteiger partial charge on any atom is -0.370 e. The number of nitrogens with zero attached hydrogens (tertiary/aromatic N) is 2. The van der Waals surface area contributed by atoms with E-state index in [2.05, 4.69) is 20.6 Å². The minimum absolute atomic E-state index is 0. The monoisotopic (exact) mass is 365 g/mol. The maximum Gasteiger partial charge on any atom is 0.202 e. The highest BCUT2D eigenvalue weighted by molar-refractivity contribution is 6.30. The maximum absolute atomic E-state index is 5.93. The van der Waals surface area contributed by atoms with E-state index in [1.165, 1.54) is 0 Å². The van der Waals surface area contributed by atoms with Gasteiger partial charge in [0.05, 0.1) is 6.54 Å². The Labute approximate surface area is 153 Å². The molecule has 0 heterocycles. The molecule has 0 aliphatic heterocycles. The molecule has 2 aromatic rings. The van der Waals surface area contributed by atoms with Gasteiger partial charge in [-0.2, -0.15) is 0 Å². The lowest BCUT2D eigenvalue weighted by Gasteiger charge is -2.12. The summed E-state index contributed by atoms with van der Waals surface area (Å²) >= 11 is 5.88. The van der Waals surface area contributed by atoms with Crippen molar-refractivity contribution in [1.82, 2.24) is 5.32 Å². The van der Waals surface area contributed by atoms with Gasteiger partial charge in [-0.05, 0) is 36.8 Å². The number of nitrogens with one attached hydrogen (secondary N) is 2. The number of rotatable bonds is 4. The molecule has 2 aromatic carbocycles. The number of guanidine groups is 2.